The molecule has 1 aliphatic rings. The molecule has 5 nitrogen and oxygen atoms in total. The van der Waals surface area contributed by atoms with Crippen LogP contribution in [0.1, 0.15) is 37.4 Å². The third-order valence-electron chi connectivity index (χ3n) is 3.37. The molecule has 2 heterocycles. The van der Waals surface area contributed by atoms with Gasteiger partial charge in [-0.15, -0.1) is 11.3 Å². The molecule has 1 fully saturated rings. The first-order chi connectivity index (χ1) is 8.27. The molecule has 2 rings (SSSR count). The van der Waals surface area contributed by atoms with Gasteiger partial charge in [0, 0.05) is 0 Å². The number of carbonyl (C=O) groups is 1. The number of aromatic nitrogens is 1. The first-order valence-corrected chi connectivity index (χ1v) is 6.48. The number of ether oxygens (including phenoxy) is 1. The minimum absolute atomic E-state index is 0.393. The third kappa shape index (κ3) is 2.18. The van der Waals surface area contributed by atoms with Crippen molar-refractivity contribution >= 4 is 29.3 Å². The second-order valence-corrected chi connectivity index (χ2v) is 6.20. The van der Waals surface area contributed by atoms with Gasteiger partial charge in [0.2, 0.25) is 0 Å². The molecule has 0 saturated carbocycles. The Hall–Kier alpha value is -0.915. The number of methoxy groups -OCH3 is 1. The van der Waals surface area contributed by atoms with Crippen LogP contribution in [0.2, 0.25) is 0 Å². The molecule has 1 saturated heterocycles. The molecule has 0 unspecified atom stereocenters. The lowest BCUT2D eigenvalue weighted by Crippen LogP contribution is -2.41. The predicted molar refractivity (Wildman–Crippen MR) is 69.2 cm³/mol. The van der Waals surface area contributed by atoms with E-state index in [4.69, 9.17) is 9.31 Å². The summed E-state index contributed by atoms with van der Waals surface area (Å²) in [5.41, 5.74) is -0.816. The summed E-state index contributed by atoms with van der Waals surface area (Å²) in [6.07, 6.45) is 1.48. The minimum atomic E-state index is -0.529. The molecule has 0 aromatic carbocycles. The first-order valence-electron chi connectivity index (χ1n) is 5.66. The highest BCUT2D eigenvalue weighted by atomic mass is 32.1. The minimum Gasteiger partial charge on any atom is -0.465 e. The van der Waals surface area contributed by atoms with Crippen molar-refractivity contribution in [3.8, 4) is 0 Å². The fourth-order valence-electron chi connectivity index (χ4n) is 1.54. The Balaban J connectivity index is 2.20. The molecular weight excluding hydrogens is 253 g/mol. The summed E-state index contributed by atoms with van der Waals surface area (Å²) in [7, 11) is 0.815. The van der Waals surface area contributed by atoms with Crippen LogP contribution < -0.4 is 4.91 Å². The van der Waals surface area contributed by atoms with E-state index in [1.807, 2.05) is 27.7 Å². The van der Waals surface area contributed by atoms with Crippen LogP contribution in [-0.4, -0.2) is 36.4 Å². The normalized spacial score (nSPS) is 21.1. The van der Waals surface area contributed by atoms with Gasteiger partial charge in [-0.2, -0.15) is 0 Å². The van der Waals surface area contributed by atoms with Crippen LogP contribution in [0.5, 0.6) is 0 Å². The van der Waals surface area contributed by atoms with E-state index >= 15 is 0 Å². The summed E-state index contributed by atoms with van der Waals surface area (Å²) in [6.45, 7) is 7.90. The molecule has 7 heteroatoms. The third-order valence-corrected chi connectivity index (χ3v) is 4.36. The molecule has 0 aliphatic carbocycles. The van der Waals surface area contributed by atoms with Crippen molar-refractivity contribution in [2.24, 2.45) is 0 Å². The fraction of sp³-hybridized carbons (Fsp3) is 0.636. The maximum Gasteiger partial charge on any atom is 0.525 e. The lowest BCUT2D eigenvalue weighted by Gasteiger charge is -2.32. The van der Waals surface area contributed by atoms with Gasteiger partial charge in [-0.3, -0.25) is 4.98 Å². The number of rotatable bonds is 2. The maximum atomic E-state index is 11.4. The van der Waals surface area contributed by atoms with E-state index in [0.717, 1.165) is 0 Å². The molecule has 0 bridgehead atoms. The Morgan fingerprint density at radius 2 is 1.89 bits per heavy atom. The van der Waals surface area contributed by atoms with Crippen LogP contribution in [0.4, 0.5) is 0 Å². The Bertz CT molecular complexity index is 455. The summed E-state index contributed by atoms with van der Waals surface area (Å²) >= 11 is 1.23. The molecule has 1 aromatic heterocycles. The molecule has 0 N–H and O–H groups in total. The van der Waals surface area contributed by atoms with E-state index in [-0.39, 0.29) is 0 Å². The zero-order chi connectivity index (χ0) is 13.6. The number of nitrogens with zero attached hydrogens (tertiary/aromatic N) is 1. The Morgan fingerprint density at radius 3 is 2.39 bits per heavy atom. The Kier molecular flexibility index (Phi) is 3.25. The lowest BCUT2D eigenvalue weighted by molar-refractivity contribution is 0.00578. The summed E-state index contributed by atoms with van der Waals surface area (Å²) in [5.74, 6) is -0.393. The van der Waals surface area contributed by atoms with Gasteiger partial charge in [0.05, 0.1) is 24.5 Å². The Morgan fingerprint density at radius 1 is 1.33 bits per heavy atom. The molecule has 18 heavy (non-hydrogen) atoms. The quantitative estimate of drug-likeness (QED) is 0.597. The standard InChI is InChI=1S/C11H16BNO4S/c1-10(2)11(3,4)17-12(16-10)9-13-6-7(18-9)8(14)15-5/h6H,1-5H3. The van der Waals surface area contributed by atoms with Crippen LogP contribution in [0.15, 0.2) is 6.20 Å². The van der Waals surface area contributed by atoms with Gasteiger partial charge in [0.1, 0.15) is 9.78 Å². The number of hydrogen-bond acceptors (Lipinski definition) is 6. The van der Waals surface area contributed by atoms with Gasteiger partial charge in [-0.1, -0.05) is 0 Å². The summed E-state index contributed by atoms with van der Waals surface area (Å²) < 4.78 is 16.3. The summed E-state index contributed by atoms with van der Waals surface area (Å²) in [6, 6.07) is 0. The molecule has 1 aromatic rings. The van der Waals surface area contributed by atoms with Crippen molar-refractivity contribution in [3.05, 3.63) is 11.1 Å². The molecule has 0 amide bonds. The average Bonchev–Trinajstić information content (AvgIpc) is 2.82. The van der Waals surface area contributed by atoms with E-state index in [1.165, 1.54) is 24.6 Å². The number of hydrogen-bond donors (Lipinski definition) is 0. The fourth-order valence-corrected chi connectivity index (χ4v) is 2.33. The van der Waals surface area contributed by atoms with Crippen LogP contribution in [0.3, 0.4) is 0 Å². The smallest absolute Gasteiger partial charge is 0.465 e. The first kappa shape index (κ1) is 13.5. The zero-order valence-corrected chi connectivity index (χ0v) is 12.0. The zero-order valence-electron chi connectivity index (χ0n) is 11.1. The van der Waals surface area contributed by atoms with Crippen LogP contribution >= 0.6 is 11.3 Å². The maximum absolute atomic E-state index is 11.4. The van der Waals surface area contributed by atoms with Gasteiger partial charge in [-0.05, 0) is 27.7 Å². The monoisotopic (exact) mass is 269 g/mol. The largest absolute Gasteiger partial charge is 0.525 e. The number of carbonyl (C=O) groups excluding carboxylic acids is 1. The molecular formula is C11H16BNO4S. The topological polar surface area (TPSA) is 57.7 Å². The Labute approximate surface area is 111 Å². The van der Waals surface area contributed by atoms with E-state index in [2.05, 4.69) is 9.72 Å². The van der Waals surface area contributed by atoms with Gasteiger partial charge in [0.15, 0.2) is 0 Å². The van der Waals surface area contributed by atoms with Crippen molar-refractivity contribution in [1.82, 2.24) is 4.98 Å². The van der Waals surface area contributed by atoms with E-state index in [9.17, 15) is 4.79 Å². The number of thiazole rings is 1. The van der Waals surface area contributed by atoms with E-state index in [1.54, 1.807) is 0 Å². The molecule has 0 spiro atoms. The molecule has 0 atom stereocenters. The van der Waals surface area contributed by atoms with Gasteiger partial charge in [0.25, 0.3) is 0 Å². The molecule has 1 aliphatic heterocycles. The van der Waals surface area contributed by atoms with Crippen LogP contribution in [0.25, 0.3) is 0 Å². The SMILES string of the molecule is COC(=O)c1cnc(B2OC(C)(C)C(C)(C)O2)s1. The van der Waals surface area contributed by atoms with Gasteiger partial charge < -0.3 is 14.0 Å². The van der Waals surface area contributed by atoms with Crippen LogP contribution in [0, 0.1) is 0 Å². The number of esters is 1. The summed E-state index contributed by atoms with van der Waals surface area (Å²) in [4.78, 5) is 16.6. The molecule has 0 radical (unpaired) electrons. The second kappa shape index (κ2) is 4.33. The van der Waals surface area contributed by atoms with Crippen molar-refractivity contribution < 1.29 is 18.8 Å². The second-order valence-electron chi connectivity index (χ2n) is 5.14. The van der Waals surface area contributed by atoms with E-state index < -0.39 is 24.3 Å². The van der Waals surface area contributed by atoms with Crippen molar-refractivity contribution in [2.75, 3.05) is 7.11 Å². The van der Waals surface area contributed by atoms with Crippen molar-refractivity contribution in [1.29, 1.82) is 0 Å². The average molecular weight is 269 g/mol. The summed E-state index contributed by atoms with van der Waals surface area (Å²) in [5, 5.41) is 0. The van der Waals surface area contributed by atoms with Gasteiger partial charge in [-0.25, -0.2) is 4.79 Å². The van der Waals surface area contributed by atoms with Crippen molar-refractivity contribution in [3.63, 3.8) is 0 Å². The highest BCUT2D eigenvalue weighted by Crippen LogP contribution is 2.36. The van der Waals surface area contributed by atoms with Crippen molar-refractivity contribution in [2.45, 2.75) is 38.9 Å². The highest BCUT2D eigenvalue weighted by Gasteiger charge is 2.53. The lowest BCUT2D eigenvalue weighted by atomic mass is 9.90. The molecule has 98 valence electrons. The van der Waals surface area contributed by atoms with Gasteiger partial charge >= 0.3 is 13.1 Å². The predicted octanol–water partition coefficient (Wildman–Crippen LogP) is 1.23. The van der Waals surface area contributed by atoms with Crippen LogP contribution in [-0.2, 0) is 14.0 Å². The highest BCUT2D eigenvalue weighted by molar-refractivity contribution is 7.23. The van der Waals surface area contributed by atoms with E-state index in [0.29, 0.717) is 9.78 Å².